The second kappa shape index (κ2) is 44.6. The van der Waals surface area contributed by atoms with Gasteiger partial charge >= 0.3 is 0 Å². The first-order valence-electron chi connectivity index (χ1n) is 24.2. The van der Waals surface area contributed by atoms with Crippen molar-refractivity contribution in [3.63, 3.8) is 0 Å². The lowest BCUT2D eigenvalue weighted by molar-refractivity contribution is -0.870. The first kappa shape index (κ1) is 60.4. The van der Waals surface area contributed by atoms with Crippen LogP contribution in [-0.4, -0.2) is 68.5 Å². The molecule has 0 aliphatic carbocycles. The van der Waals surface area contributed by atoms with Crippen molar-refractivity contribution >= 4 is 13.7 Å². The minimum atomic E-state index is -4.63. The van der Waals surface area contributed by atoms with E-state index in [1.807, 2.05) is 27.2 Å². The highest BCUT2D eigenvalue weighted by Crippen LogP contribution is 2.38. The molecule has 0 aromatic rings. The van der Waals surface area contributed by atoms with E-state index >= 15 is 0 Å². The number of carbonyl (C=O) groups excluding carboxylic acids is 1. The van der Waals surface area contributed by atoms with Crippen molar-refractivity contribution in [3.05, 3.63) is 146 Å². The standard InChI is InChI=1S/C55H89N2O6P/c1-6-8-10-12-14-16-18-20-21-22-23-24-25-26-27-28-29-30-31-32-33-34-35-37-39-41-43-45-47-49-55(59)56-53(52-63-64(60,61)62-51-50-57(3,4)5)54(58)48-46-44-42-40-38-36-19-17-15-13-11-9-7-2/h8,10,14-17,20-21,23-24,26-27,29-30,32-33,35,37-38,40-41,43,46,48,53-54,58H,6-7,9,11-13,18-19,22,25,28,31,34,36,39,42,44-45,47,49-52H2,1-5H3,(H-,56,59,60,61)/b10-8-,16-14-,17-15+,21-20-,24-23-,27-26-,30-29-,33-32-,37-35-,40-38+,43-41-,48-46+. The Balaban J connectivity index is 4.49. The Kier molecular flexibility index (Phi) is 42.1. The number of likely N-dealkylation sites (N-methyl/N-ethyl adjacent to an activating group) is 1. The number of nitrogens with one attached hydrogen (secondary N) is 1. The number of hydrogen-bond acceptors (Lipinski definition) is 6. The van der Waals surface area contributed by atoms with E-state index in [0.29, 0.717) is 23.9 Å². The third-order valence-electron chi connectivity index (χ3n) is 9.51. The van der Waals surface area contributed by atoms with E-state index in [4.69, 9.17) is 9.05 Å². The Morgan fingerprint density at radius 1 is 0.562 bits per heavy atom. The number of aliphatic hydroxyl groups is 1. The molecule has 0 aromatic carbocycles. The molecule has 3 atom stereocenters. The summed E-state index contributed by atoms with van der Waals surface area (Å²) in [6.07, 6.45) is 69.2. The molecule has 0 aliphatic heterocycles. The van der Waals surface area contributed by atoms with Crippen molar-refractivity contribution in [2.45, 2.75) is 154 Å². The summed E-state index contributed by atoms with van der Waals surface area (Å²) in [5.74, 6) is -0.279. The fraction of sp³-hybridized carbons (Fsp3) is 0.545. The number of unbranched alkanes of at least 4 members (excludes halogenated alkanes) is 6. The van der Waals surface area contributed by atoms with Crippen molar-refractivity contribution in [2.75, 3.05) is 40.9 Å². The van der Waals surface area contributed by atoms with Crippen LogP contribution in [0.3, 0.4) is 0 Å². The molecule has 2 N–H and O–H groups in total. The minimum absolute atomic E-state index is 0.0292. The molecule has 360 valence electrons. The number of hydrogen-bond donors (Lipinski definition) is 2. The van der Waals surface area contributed by atoms with Crippen molar-refractivity contribution in [1.29, 1.82) is 0 Å². The van der Waals surface area contributed by atoms with E-state index in [2.05, 4.69) is 153 Å². The molecule has 3 unspecified atom stereocenters. The molecule has 0 aliphatic rings. The number of rotatable bonds is 41. The fourth-order valence-electron chi connectivity index (χ4n) is 5.71. The number of allylic oxidation sites excluding steroid dienone is 23. The quantitative estimate of drug-likeness (QED) is 0.0274. The van der Waals surface area contributed by atoms with Crippen LogP contribution in [0.5, 0.6) is 0 Å². The third-order valence-corrected chi connectivity index (χ3v) is 10.5. The van der Waals surface area contributed by atoms with Gasteiger partial charge in [0.2, 0.25) is 5.91 Å². The predicted molar refractivity (Wildman–Crippen MR) is 274 cm³/mol. The van der Waals surface area contributed by atoms with E-state index in [1.54, 1.807) is 6.08 Å². The van der Waals surface area contributed by atoms with Gasteiger partial charge in [0.05, 0.1) is 39.9 Å². The normalized spacial score (nSPS) is 15.4. The summed E-state index contributed by atoms with van der Waals surface area (Å²) in [6, 6.07) is -0.951. The molecule has 1 amide bonds. The molecule has 0 spiro atoms. The molecular formula is C55H89N2O6P. The average Bonchev–Trinajstić information content (AvgIpc) is 3.25. The van der Waals surface area contributed by atoms with Gasteiger partial charge in [-0.05, 0) is 109 Å². The van der Waals surface area contributed by atoms with Crippen LogP contribution in [-0.2, 0) is 18.4 Å². The van der Waals surface area contributed by atoms with Crippen LogP contribution in [0.1, 0.15) is 142 Å². The van der Waals surface area contributed by atoms with Gasteiger partial charge in [-0.2, -0.15) is 0 Å². The number of amides is 1. The predicted octanol–water partition coefficient (Wildman–Crippen LogP) is 13.6. The van der Waals surface area contributed by atoms with Gasteiger partial charge in [-0.25, -0.2) is 0 Å². The molecule has 0 radical (unpaired) electrons. The molecule has 9 heteroatoms. The summed E-state index contributed by atoms with van der Waals surface area (Å²) in [4.78, 5) is 25.3. The second-order valence-electron chi connectivity index (χ2n) is 16.7. The summed E-state index contributed by atoms with van der Waals surface area (Å²) in [5, 5.41) is 13.7. The van der Waals surface area contributed by atoms with Crippen LogP contribution in [0.4, 0.5) is 0 Å². The maximum Gasteiger partial charge on any atom is 0.268 e. The van der Waals surface area contributed by atoms with E-state index in [9.17, 15) is 19.4 Å². The largest absolute Gasteiger partial charge is 0.756 e. The van der Waals surface area contributed by atoms with Gasteiger partial charge < -0.3 is 28.8 Å². The molecule has 0 saturated heterocycles. The number of phosphoric acid groups is 1. The van der Waals surface area contributed by atoms with Crippen molar-refractivity contribution in [2.24, 2.45) is 0 Å². The van der Waals surface area contributed by atoms with Crippen molar-refractivity contribution < 1.29 is 32.9 Å². The van der Waals surface area contributed by atoms with Gasteiger partial charge in [0.25, 0.3) is 7.82 Å². The SMILES string of the molecule is CC/C=C\C/C=C\C/C=C\C/C=C\C/C=C\C/C=C\C/C=C\C/C=C\C/C=C\CCCC(=O)NC(COP(=O)([O-])OCC[N+](C)(C)C)C(O)/C=C/CC/C=C/CC/C=C/CCCCC. The van der Waals surface area contributed by atoms with Crippen LogP contribution in [0.15, 0.2) is 146 Å². The van der Waals surface area contributed by atoms with E-state index in [-0.39, 0.29) is 18.9 Å². The Labute approximate surface area is 391 Å². The maximum atomic E-state index is 12.9. The van der Waals surface area contributed by atoms with Gasteiger partial charge in [-0.15, -0.1) is 0 Å². The Bertz CT molecular complexity index is 1540. The van der Waals surface area contributed by atoms with Gasteiger partial charge in [0.15, 0.2) is 0 Å². The monoisotopic (exact) mass is 905 g/mol. The summed E-state index contributed by atoms with van der Waals surface area (Å²) in [6.45, 7) is 4.38. The lowest BCUT2D eigenvalue weighted by atomic mass is 10.1. The van der Waals surface area contributed by atoms with Crippen LogP contribution < -0.4 is 10.2 Å². The zero-order chi connectivity index (χ0) is 47.1. The minimum Gasteiger partial charge on any atom is -0.756 e. The fourth-order valence-corrected chi connectivity index (χ4v) is 6.43. The second-order valence-corrected chi connectivity index (χ2v) is 18.1. The van der Waals surface area contributed by atoms with Gasteiger partial charge in [0, 0.05) is 6.42 Å². The van der Waals surface area contributed by atoms with Gasteiger partial charge in [-0.3, -0.25) is 9.36 Å². The number of nitrogens with zero attached hydrogens (tertiary/aromatic N) is 1. The molecule has 8 nitrogen and oxygen atoms in total. The molecule has 0 aromatic heterocycles. The highest BCUT2D eigenvalue weighted by molar-refractivity contribution is 7.45. The first-order chi connectivity index (χ1) is 31.0. The number of phosphoric ester groups is 1. The molecule has 0 bridgehead atoms. The van der Waals surface area contributed by atoms with E-state index in [1.165, 1.54) is 19.3 Å². The summed E-state index contributed by atoms with van der Waals surface area (Å²) in [5.41, 5.74) is 0. The summed E-state index contributed by atoms with van der Waals surface area (Å²) < 4.78 is 23.1. The molecule has 0 rings (SSSR count). The first-order valence-corrected chi connectivity index (χ1v) is 25.7. The Morgan fingerprint density at radius 2 is 0.953 bits per heavy atom. The Morgan fingerprint density at radius 3 is 1.39 bits per heavy atom. The average molecular weight is 905 g/mol. The molecule has 0 heterocycles. The highest BCUT2D eigenvalue weighted by Gasteiger charge is 2.23. The number of carbonyl (C=O) groups is 1. The van der Waals surface area contributed by atoms with Crippen molar-refractivity contribution in [3.8, 4) is 0 Å². The van der Waals surface area contributed by atoms with Crippen LogP contribution in [0, 0.1) is 0 Å². The maximum absolute atomic E-state index is 12.9. The molecule has 0 fully saturated rings. The van der Waals surface area contributed by atoms with Crippen molar-refractivity contribution in [1.82, 2.24) is 5.32 Å². The zero-order valence-electron chi connectivity index (χ0n) is 40.7. The summed E-state index contributed by atoms with van der Waals surface area (Å²) >= 11 is 0. The topological polar surface area (TPSA) is 108 Å². The third kappa shape index (κ3) is 46.4. The Hall–Kier alpha value is -3.62. The van der Waals surface area contributed by atoms with Crippen LogP contribution in [0.2, 0.25) is 0 Å². The molecule has 64 heavy (non-hydrogen) atoms. The lowest BCUT2D eigenvalue weighted by Crippen LogP contribution is -2.45. The van der Waals surface area contributed by atoms with Crippen LogP contribution in [0.25, 0.3) is 0 Å². The number of quaternary nitrogens is 1. The van der Waals surface area contributed by atoms with Gasteiger partial charge in [-0.1, -0.05) is 173 Å². The highest BCUT2D eigenvalue weighted by atomic mass is 31.2. The molecular weight excluding hydrogens is 816 g/mol. The summed E-state index contributed by atoms with van der Waals surface area (Å²) in [7, 11) is 1.17. The van der Waals surface area contributed by atoms with Gasteiger partial charge in [0.1, 0.15) is 13.2 Å². The van der Waals surface area contributed by atoms with E-state index < -0.39 is 26.6 Å². The smallest absolute Gasteiger partial charge is 0.268 e. The van der Waals surface area contributed by atoms with E-state index in [0.717, 1.165) is 89.9 Å². The number of aliphatic hydroxyl groups excluding tert-OH is 1. The lowest BCUT2D eigenvalue weighted by Gasteiger charge is -2.29. The zero-order valence-corrected chi connectivity index (χ0v) is 41.6. The molecule has 0 saturated carbocycles. The van der Waals surface area contributed by atoms with Crippen LogP contribution >= 0.6 is 7.82 Å².